The van der Waals surface area contributed by atoms with E-state index in [-0.39, 0.29) is 12.1 Å². The molecule has 2 fully saturated rings. The van der Waals surface area contributed by atoms with E-state index in [0.717, 1.165) is 37.2 Å². The lowest BCUT2D eigenvalue weighted by Gasteiger charge is -2.26. The van der Waals surface area contributed by atoms with Gasteiger partial charge in [0.1, 0.15) is 5.75 Å². The van der Waals surface area contributed by atoms with E-state index < -0.39 is 0 Å². The molecule has 1 heterocycles. The van der Waals surface area contributed by atoms with Gasteiger partial charge in [0.15, 0.2) is 0 Å². The quantitative estimate of drug-likeness (QED) is 0.885. The molecule has 0 aromatic heterocycles. The molecule has 2 aliphatic rings. The third-order valence-electron chi connectivity index (χ3n) is 4.88. The SMILES string of the molecule is COc1cccc(N2CC3CCC(O)C3C2)c1[C@@H](C)N. The molecule has 0 amide bonds. The van der Waals surface area contributed by atoms with Crippen molar-refractivity contribution in [2.75, 3.05) is 25.1 Å². The number of aliphatic hydroxyl groups excluding tert-OH is 1. The summed E-state index contributed by atoms with van der Waals surface area (Å²) in [4.78, 5) is 2.37. The molecule has 1 aliphatic carbocycles. The molecule has 4 nitrogen and oxygen atoms in total. The summed E-state index contributed by atoms with van der Waals surface area (Å²) >= 11 is 0. The second kappa shape index (κ2) is 5.26. The molecule has 3 rings (SSSR count). The molecular weight excluding hydrogens is 252 g/mol. The van der Waals surface area contributed by atoms with Gasteiger partial charge in [-0.05, 0) is 37.8 Å². The Morgan fingerprint density at radius 3 is 2.80 bits per heavy atom. The molecule has 4 atom stereocenters. The van der Waals surface area contributed by atoms with Crippen LogP contribution in [-0.4, -0.2) is 31.4 Å². The first-order valence-electron chi connectivity index (χ1n) is 7.47. The van der Waals surface area contributed by atoms with E-state index >= 15 is 0 Å². The van der Waals surface area contributed by atoms with Crippen molar-refractivity contribution in [1.29, 1.82) is 0 Å². The summed E-state index contributed by atoms with van der Waals surface area (Å²) in [5.41, 5.74) is 8.39. The molecule has 1 aromatic carbocycles. The van der Waals surface area contributed by atoms with Gasteiger partial charge in [-0.15, -0.1) is 0 Å². The highest BCUT2D eigenvalue weighted by atomic mass is 16.5. The zero-order chi connectivity index (χ0) is 14.3. The van der Waals surface area contributed by atoms with Gasteiger partial charge in [0.05, 0.1) is 13.2 Å². The number of hydrogen-bond donors (Lipinski definition) is 2. The highest BCUT2D eigenvalue weighted by molar-refractivity contribution is 5.61. The highest BCUT2D eigenvalue weighted by Gasteiger charge is 2.42. The summed E-state index contributed by atoms with van der Waals surface area (Å²) in [7, 11) is 1.69. The maximum Gasteiger partial charge on any atom is 0.125 e. The average molecular weight is 276 g/mol. The normalized spacial score (nSPS) is 30.4. The lowest BCUT2D eigenvalue weighted by atomic mass is 10.00. The average Bonchev–Trinajstić information content (AvgIpc) is 3.00. The molecule has 1 aromatic rings. The molecule has 1 saturated carbocycles. The van der Waals surface area contributed by atoms with Gasteiger partial charge in [-0.1, -0.05) is 6.07 Å². The Morgan fingerprint density at radius 2 is 2.15 bits per heavy atom. The maximum absolute atomic E-state index is 10.1. The fourth-order valence-corrected chi connectivity index (χ4v) is 3.88. The Bertz CT molecular complexity index is 489. The number of aliphatic hydroxyl groups is 1. The minimum atomic E-state index is -0.130. The van der Waals surface area contributed by atoms with Crippen molar-refractivity contribution in [2.24, 2.45) is 17.6 Å². The van der Waals surface area contributed by atoms with Crippen molar-refractivity contribution >= 4 is 5.69 Å². The molecular formula is C16H24N2O2. The molecule has 0 bridgehead atoms. The fraction of sp³-hybridized carbons (Fsp3) is 0.625. The molecule has 0 radical (unpaired) electrons. The molecule has 3 N–H and O–H groups in total. The summed E-state index contributed by atoms with van der Waals surface area (Å²) in [5.74, 6) is 1.90. The first-order chi connectivity index (χ1) is 9.61. The summed E-state index contributed by atoms with van der Waals surface area (Å²) in [6.45, 7) is 3.94. The summed E-state index contributed by atoms with van der Waals surface area (Å²) in [6, 6.07) is 6.04. The van der Waals surface area contributed by atoms with Crippen LogP contribution in [0.15, 0.2) is 18.2 Å². The lowest BCUT2D eigenvalue weighted by Crippen LogP contribution is -2.26. The minimum Gasteiger partial charge on any atom is -0.496 e. The summed E-state index contributed by atoms with van der Waals surface area (Å²) in [6.07, 6.45) is 1.97. The number of nitrogens with two attached hydrogens (primary N) is 1. The third kappa shape index (κ3) is 2.17. The van der Waals surface area contributed by atoms with Crippen LogP contribution in [0.2, 0.25) is 0 Å². The number of anilines is 1. The van der Waals surface area contributed by atoms with Crippen LogP contribution in [0.3, 0.4) is 0 Å². The van der Waals surface area contributed by atoms with Crippen LogP contribution in [0.4, 0.5) is 5.69 Å². The Labute approximate surface area is 120 Å². The number of rotatable bonds is 3. The van der Waals surface area contributed by atoms with E-state index in [0.29, 0.717) is 11.8 Å². The predicted octanol–water partition coefficient (Wildman–Crippen LogP) is 1.92. The van der Waals surface area contributed by atoms with E-state index in [2.05, 4.69) is 11.0 Å². The van der Waals surface area contributed by atoms with Gasteiger partial charge in [0, 0.05) is 36.3 Å². The molecule has 0 spiro atoms. The van der Waals surface area contributed by atoms with Gasteiger partial charge in [-0.2, -0.15) is 0 Å². The number of nitrogens with zero attached hydrogens (tertiary/aromatic N) is 1. The van der Waals surface area contributed by atoms with Crippen LogP contribution in [0.5, 0.6) is 5.75 Å². The second-order valence-corrected chi connectivity index (χ2v) is 6.16. The zero-order valence-corrected chi connectivity index (χ0v) is 12.2. The molecule has 20 heavy (non-hydrogen) atoms. The van der Waals surface area contributed by atoms with Gasteiger partial charge in [0.2, 0.25) is 0 Å². The molecule has 110 valence electrons. The predicted molar refractivity (Wildman–Crippen MR) is 80.0 cm³/mol. The first-order valence-corrected chi connectivity index (χ1v) is 7.47. The van der Waals surface area contributed by atoms with Gasteiger partial charge >= 0.3 is 0 Å². The monoisotopic (exact) mass is 276 g/mol. The first kappa shape index (κ1) is 13.7. The van der Waals surface area contributed by atoms with Crippen molar-refractivity contribution in [2.45, 2.75) is 31.9 Å². The Balaban J connectivity index is 1.91. The Kier molecular flexibility index (Phi) is 3.61. The van der Waals surface area contributed by atoms with E-state index in [1.54, 1.807) is 7.11 Å². The highest BCUT2D eigenvalue weighted by Crippen LogP contribution is 2.42. The van der Waals surface area contributed by atoms with E-state index in [1.165, 1.54) is 5.69 Å². The Morgan fingerprint density at radius 1 is 1.35 bits per heavy atom. The van der Waals surface area contributed by atoms with Crippen molar-refractivity contribution in [1.82, 2.24) is 0 Å². The molecule has 4 heteroatoms. The number of fused-ring (bicyclic) bond motifs is 1. The standard InChI is InChI=1S/C16H24N2O2/c1-10(17)16-13(4-3-5-15(16)20-2)18-8-11-6-7-14(19)12(11)9-18/h3-5,10-12,14,19H,6-9,17H2,1-2H3/t10-,11?,12?,14?/m1/s1. The third-order valence-corrected chi connectivity index (χ3v) is 4.88. The minimum absolute atomic E-state index is 0.0634. The van der Waals surface area contributed by atoms with Gasteiger partial charge in [-0.25, -0.2) is 0 Å². The fourth-order valence-electron chi connectivity index (χ4n) is 3.88. The Hall–Kier alpha value is -1.26. The molecule has 1 saturated heterocycles. The summed E-state index contributed by atoms with van der Waals surface area (Å²) in [5, 5.41) is 10.1. The van der Waals surface area contributed by atoms with Gasteiger partial charge in [-0.3, -0.25) is 0 Å². The molecule has 3 unspecified atom stereocenters. The second-order valence-electron chi connectivity index (χ2n) is 6.16. The van der Waals surface area contributed by atoms with Crippen LogP contribution in [0.25, 0.3) is 0 Å². The van der Waals surface area contributed by atoms with Crippen LogP contribution in [0, 0.1) is 11.8 Å². The van der Waals surface area contributed by atoms with Crippen LogP contribution < -0.4 is 15.4 Å². The van der Waals surface area contributed by atoms with Crippen LogP contribution >= 0.6 is 0 Å². The van der Waals surface area contributed by atoms with Crippen molar-refractivity contribution in [3.8, 4) is 5.75 Å². The van der Waals surface area contributed by atoms with E-state index in [4.69, 9.17) is 10.5 Å². The van der Waals surface area contributed by atoms with Gasteiger partial charge in [0.25, 0.3) is 0 Å². The van der Waals surface area contributed by atoms with Crippen molar-refractivity contribution in [3.63, 3.8) is 0 Å². The number of hydrogen-bond acceptors (Lipinski definition) is 4. The van der Waals surface area contributed by atoms with Crippen molar-refractivity contribution < 1.29 is 9.84 Å². The maximum atomic E-state index is 10.1. The smallest absolute Gasteiger partial charge is 0.125 e. The van der Waals surface area contributed by atoms with Gasteiger partial charge < -0.3 is 20.5 Å². The largest absolute Gasteiger partial charge is 0.496 e. The van der Waals surface area contributed by atoms with E-state index in [9.17, 15) is 5.11 Å². The molecule has 1 aliphatic heterocycles. The number of ether oxygens (including phenoxy) is 1. The van der Waals surface area contributed by atoms with Crippen molar-refractivity contribution in [3.05, 3.63) is 23.8 Å². The zero-order valence-electron chi connectivity index (χ0n) is 12.2. The number of methoxy groups -OCH3 is 1. The lowest BCUT2D eigenvalue weighted by molar-refractivity contribution is 0.133. The van der Waals surface area contributed by atoms with Crippen LogP contribution in [0.1, 0.15) is 31.4 Å². The van der Waals surface area contributed by atoms with Crippen LogP contribution in [-0.2, 0) is 0 Å². The number of benzene rings is 1. The topological polar surface area (TPSA) is 58.7 Å². The summed E-state index contributed by atoms with van der Waals surface area (Å²) < 4.78 is 5.47. The van der Waals surface area contributed by atoms with E-state index in [1.807, 2.05) is 19.1 Å².